The molecule has 0 saturated heterocycles. The molecule has 0 unspecified atom stereocenters. The van der Waals surface area contributed by atoms with Gasteiger partial charge in [0.25, 0.3) is 5.91 Å². The number of benzene rings is 2. The molecule has 0 saturated carbocycles. The number of hydrogen-bond donors (Lipinski definition) is 1. The van der Waals surface area contributed by atoms with Crippen LogP contribution >= 0.6 is 11.8 Å². The summed E-state index contributed by atoms with van der Waals surface area (Å²) >= 11 is 1.53. The fraction of sp³-hybridized carbons (Fsp3) is 0.111. The number of aromatic nitrogens is 4. The van der Waals surface area contributed by atoms with Crippen LogP contribution in [0.1, 0.15) is 27.2 Å². The number of carbonyl (C=O) groups is 1. The summed E-state index contributed by atoms with van der Waals surface area (Å²) in [5.74, 6) is 1.84. The van der Waals surface area contributed by atoms with Gasteiger partial charge in [-0.05, 0) is 55.0 Å². The first-order valence-corrected chi connectivity index (χ1v) is 12.1. The van der Waals surface area contributed by atoms with Crippen LogP contribution in [-0.2, 0) is 12.3 Å². The highest BCUT2D eigenvalue weighted by molar-refractivity contribution is 7.98. The molecule has 174 valence electrons. The summed E-state index contributed by atoms with van der Waals surface area (Å²) in [6.07, 6.45) is 5.11. The van der Waals surface area contributed by atoms with E-state index >= 15 is 0 Å². The molecule has 0 spiro atoms. The second-order valence-electron chi connectivity index (χ2n) is 7.93. The molecule has 0 aliphatic carbocycles. The molecule has 3 aromatic heterocycles. The third kappa shape index (κ3) is 5.17. The number of aryl methyl sites for hydroxylation is 1. The SMILES string of the molecule is Cc1ccc(-n2c(SCc3ccccc3C(=O)NCc3ccco3)nnc2-c2cccnc2)cc1. The van der Waals surface area contributed by atoms with Gasteiger partial charge in [0.15, 0.2) is 11.0 Å². The van der Waals surface area contributed by atoms with Gasteiger partial charge in [-0.15, -0.1) is 10.2 Å². The zero-order valence-corrected chi connectivity index (χ0v) is 19.9. The third-order valence-corrected chi connectivity index (χ3v) is 6.45. The highest BCUT2D eigenvalue weighted by Crippen LogP contribution is 2.30. The molecule has 0 radical (unpaired) electrons. The molecule has 0 aliphatic rings. The van der Waals surface area contributed by atoms with E-state index in [-0.39, 0.29) is 5.91 Å². The van der Waals surface area contributed by atoms with Gasteiger partial charge in [0.2, 0.25) is 0 Å². The Balaban J connectivity index is 1.41. The molecule has 0 atom stereocenters. The molecule has 5 aromatic rings. The fourth-order valence-corrected chi connectivity index (χ4v) is 4.61. The van der Waals surface area contributed by atoms with E-state index in [1.54, 1.807) is 24.7 Å². The van der Waals surface area contributed by atoms with Gasteiger partial charge in [-0.3, -0.25) is 14.3 Å². The normalized spacial score (nSPS) is 10.9. The van der Waals surface area contributed by atoms with Crippen LogP contribution in [0.15, 0.2) is 101 Å². The van der Waals surface area contributed by atoms with E-state index in [1.807, 2.05) is 47.0 Å². The second-order valence-corrected chi connectivity index (χ2v) is 8.87. The van der Waals surface area contributed by atoms with Gasteiger partial charge in [0.05, 0.1) is 12.8 Å². The molecule has 35 heavy (non-hydrogen) atoms. The molecule has 7 nitrogen and oxygen atoms in total. The first kappa shape index (κ1) is 22.6. The van der Waals surface area contributed by atoms with Crippen LogP contribution in [0.5, 0.6) is 0 Å². The monoisotopic (exact) mass is 481 g/mol. The van der Waals surface area contributed by atoms with Crippen molar-refractivity contribution in [3.63, 3.8) is 0 Å². The van der Waals surface area contributed by atoms with Crippen molar-refractivity contribution in [2.24, 2.45) is 0 Å². The van der Waals surface area contributed by atoms with E-state index in [4.69, 9.17) is 4.42 Å². The summed E-state index contributed by atoms with van der Waals surface area (Å²) in [5, 5.41) is 12.6. The molecule has 0 bridgehead atoms. The van der Waals surface area contributed by atoms with E-state index in [9.17, 15) is 4.79 Å². The van der Waals surface area contributed by atoms with Crippen molar-refractivity contribution < 1.29 is 9.21 Å². The van der Waals surface area contributed by atoms with Gasteiger partial charge in [0, 0.05) is 35.0 Å². The Morgan fingerprint density at radius 3 is 2.63 bits per heavy atom. The standard InChI is InChI=1S/C27H23N5O2S/c1-19-10-12-22(13-11-19)32-25(20-7-4-14-28-16-20)30-31-27(32)35-18-21-6-2-3-9-24(21)26(33)29-17-23-8-5-15-34-23/h2-16H,17-18H2,1H3,(H,29,33). The van der Waals surface area contributed by atoms with Crippen molar-refractivity contribution in [3.05, 3.63) is 114 Å². The smallest absolute Gasteiger partial charge is 0.251 e. The fourth-order valence-electron chi connectivity index (χ4n) is 3.66. The lowest BCUT2D eigenvalue weighted by molar-refractivity contribution is 0.0947. The predicted molar refractivity (Wildman–Crippen MR) is 135 cm³/mol. The van der Waals surface area contributed by atoms with Gasteiger partial charge >= 0.3 is 0 Å². The number of nitrogens with zero attached hydrogens (tertiary/aromatic N) is 4. The maximum Gasteiger partial charge on any atom is 0.251 e. The van der Waals surface area contributed by atoms with E-state index in [0.717, 1.165) is 22.0 Å². The lowest BCUT2D eigenvalue weighted by atomic mass is 10.1. The lowest BCUT2D eigenvalue weighted by Gasteiger charge is -2.12. The topological polar surface area (TPSA) is 85.8 Å². The molecule has 0 aliphatic heterocycles. The molecule has 5 rings (SSSR count). The summed E-state index contributed by atoms with van der Waals surface area (Å²) in [6, 6.07) is 23.3. The van der Waals surface area contributed by atoms with Gasteiger partial charge in [-0.2, -0.15) is 0 Å². The number of pyridine rings is 1. The Kier molecular flexibility index (Phi) is 6.72. The maximum atomic E-state index is 12.9. The number of thioether (sulfide) groups is 1. The van der Waals surface area contributed by atoms with Crippen molar-refractivity contribution in [2.45, 2.75) is 24.4 Å². The number of furan rings is 1. The first-order chi connectivity index (χ1) is 17.2. The average molecular weight is 482 g/mol. The van der Waals surface area contributed by atoms with Gasteiger partial charge in [-0.25, -0.2) is 0 Å². The van der Waals surface area contributed by atoms with Crippen molar-refractivity contribution in [2.75, 3.05) is 0 Å². The van der Waals surface area contributed by atoms with E-state index < -0.39 is 0 Å². The minimum Gasteiger partial charge on any atom is -0.467 e. The first-order valence-electron chi connectivity index (χ1n) is 11.1. The summed E-state index contributed by atoms with van der Waals surface area (Å²) in [4.78, 5) is 17.1. The highest BCUT2D eigenvalue weighted by atomic mass is 32.2. The van der Waals surface area contributed by atoms with Crippen molar-refractivity contribution >= 4 is 17.7 Å². The van der Waals surface area contributed by atoms with E-state index in [1.165, 1.54) is 17.3 Å². The van der Waals surface area contributed by atoms with Crippen LogP contribution in [-0.4, -0.2) is 25.7 Å². The Labute approximate surface area is 207 Å². The summed E-state index contributed by atoms with van der Waals surface area (Å²) in [7, 11) is 0. The maximum absolute atomic E-state index is 12.9. The number of carbonyl (C=O) groups excluding carboxylic acids is 1. The third-order valence-electron chi connectivity index (χ3n) is 5.47. The van der Waals surface area contributed by atoms with Gasteiger partial charge < -0.3 is 9.73 Å². The predicted octanol–water partition coefficient (Wildman–Crippen LogP) is 5.45. The highest BCUT2D eigenvalue weighted by Gasteiger charge is 2.18. The number of amides is 1. The molecular formula is C27H23N5O2S. The molecule has 1 N–H and O–H groups in total. The Bertz CT molecular complexity index is 1410. The zero-order chi connectivity index (χ0) is 24.0. The Hall–Kier alpha value is -4.17. The van der Waals surface area contributed by atoms with Crippen LogP contribution in [0.3, 0.4) is 0 Å². The van der Waals surface area contributed by atoms with E-state index in [0.29, 0.717) is 29.4 Å². The quantitative estimate of drug-likeness (QED) is 0.297. The lowest BCUT2D eigenvalue weighted by Crippen LogP contribution is -2.23. The molecule has 8 heteroatoms. The number of nitrogens with one attached hydrogen (secondary N) is 1. The minimum absolute atomic E-state index is 0.145. The van der Waals surface area contributed by atoms with Gasteiger partial charge in [0.1, 0.15) is 5.76 Å². The minimum atomic E-state index is -0.145. The summed E-state index contributed by atoms with van der Waals surface area (Å²) in [5.41, 5.74) is 4.56. The van der Waals surface area contributed by atoms with E-state index in [2.05, 4.69) is 51.7 Å². The second kappa shape index (κ2) is 10.4. The Morgan fingerprint density at radius 2 is 1.86 bits per heavy atom. The van der Waals surface area contributed by atoms with Crippen LogP contribution < -0.4 is 5.32 Å². The molecule has 1 amide bonds. The zero-order valence-electron chi connectivity index (χ0n) is 19.1. The van der Waals surface area contributed by atoms with Crippen molar-refractivity contribution in [1.82, 2.24) is 25.1 Å². The summed E-state index contributed by atoms with van der Waals surface area (Å²) < 4.78 is 7.34. The van der Waals surface area contributed by atoms with Crippen LogP contribution in [0.4, 0.5) is 0 Å². The Morgan fingerprint density at radius 1 is 1.00 bits per heavy atom. The number of rotatable bonds is 8. The largest absolute Gasteiger partial charge is 0.467 e. The molecule has 3 heterocycles. The number of hydrogen-bond acceptors (Lipinski definition) is 6. The molecule has 0 fully saturated rings. The average Bonchev–Trinajstić information content (AvgIpc) is 3.57. The van der Waals surface area contributed by atoms with Crippen molar-refractivity contribution in [3.8, 4) is 17.1 Å². The summed E-state index contributed by atoms with van der Waals surface area (Å²) in [6.45, 7) is 2.39. The van der Waals surface area contributed by atoms with Crippen LogP contribution in [0, 0.1) is 6.92 Å². The van der Waals surface area contributed by atoms with Crippen LogP contribution in [0.25, 0.3) is 17.1 Å². The molecular weight excluding hydrogens is 458 g/mol. The van der Waals surface area contributed by atoms with Gasteiger partial charge in [-0.1, -0.05) is 47.7 Å². The van der Waals surface area contributed by atoms with Crippen molar-refractivity contribution in [1.29, 1.82) is 0 Å². The van der Waals surface area contributed by atoms with Crippen LogP contribution in [0.2, 0.25) is 0 Å². The molecule has 2 aromatic carbocycles.